The minimum absolute atomic E-state index is 0.0899. The van der Waals surface area contributed by atoms with Crippen molar-refractivity contribution in [3.63, 3.8) is 0 Å². The summed E-state index contributed by atoms with van der Waals surface area (Å²) in [5, 5.41) is 1.40. The summed E-state index contributed by atoms with van der Waals surface area (Å²) in [4.78, 5) is 23.5. The second kappa shape index (κ2) is 9.31. The van der Waals surface area contributed by atoms with Crippen LogP contribution >= 0.6 is 0 Å². The normalized spacial score (nSPS) is 11.4. The summed E-state index contributed by atoms with van der Waals surface area (Å²) in [6.07, 6.45) is -6.92. The fraction of sp³-hybridized carbons (Fsp3) is 0.263. The Kier molecular flexibility index (Phi) is 7.24. The number of hydrogen-bond acceptors (Lipinski definition) is 3. The first kappa shape index (κ1) is 24.1. The second-order valence-electron chi connectivity index (χ2n) is 6.14. The molecule has 1 amide bonds. The van der Waals surface area contributed by atoms with Crippen molar-refractivity contribution in [1.29, 1.82) is 0 Å². The second-order valence-corrected chi connectivity index (χ2v) is 6.14. The third-order valence-corrected chi connectivity index (χ3v) is 3.93. The summed E-state index contributed by atoms with van der Waals surface area (Å²) in [7, 11) is 0. The van der Waals surface area contributed by atoms with Gasteiger partial charge in [0.05, 0.1) is 19.4 Å². The predicted molar refractivity (Wildman–Crippen MR) is 90.3 cm³/mol. The predicted octanol–water partition coefficient (Wildman–Crippen LogP) is 4.69. The minimum atomic E-state index is -5.74. The molecule has 31 heavy (non-hydrogen) atoms. The molecule has 0 unspecified atom stereocenters. The molecule has 2 aromatic rings. The lowest BCUT2D eigenvalue weighted by Crippen LogP contribution is -2.21. The Morgan fingerprint density at radius 2 is 1.52 bits per heavy atom. The number of ether oxygens (including phenoxy) is 1. The largest absolute Gasteiger partial charge is 0.466 e. The van der Waals surface area contributed by atoms with Crippen molar-refractivity contribution >= 4 is 17.6 Å². The molecule has 0 aliphatic rings. The molecule has 2 aromatic carbocycles. The fourth-order valence-corrected chi connectivity index (χ4v) is 2.60. The van der Waals surface area contributed by atoms with E-state index in [1.54, 1.807) is 6.92 Å². The molecular formula is C19H13F8NO3. The lowest BCUT2D eigenvalue weighted by molar-refractivity contribution is -0.143. The molecule has 0 bridgehead atoms. The van der Waals surface area contributed by atoms with Gasteiger partial charge in [0.2, 0.25) is 5.91 Å². The third-order valence-electron chi connectivity index (χ3n) is 3.93. The first-order valence-electron chi connectivity index (χ1n) is 8.52. The average molecular weight is 455 g/mol. The van der Waals surface area contributed by atoms with Gasteiger partial charge in [-0.05, 0) is 24.1 Å². The number of esters is 1. The monoisotopic (exact) mass is 455 g/mol. The topological polar surface area (TPSA) is 55.4 Å². The Balaban J connectivity index is 2.29. The summed E-state index contributed by atoms with van der Waals surface area (Å²) in [5.41, 5.74) is -4.71. The van der Waals surface area contributed by atoms with Gasteiger partial charge in [0, 0.05) is 0 Å². The van der Waals surface area contributed by atoms with Crippen molar-refractivity contribution in [1.82, 2.24) is 0 Å². The Hall–Kier alpha value is -3.18. The molecule has 0 saturated carbocycles. The molecule has 168 valence electrons. The number of carbonyl (C=O) groups excluding carboxylic acids is 2. The SMILES string of the molecule is CCOC(=O)Cc1ccc(F)c(CC(=O)Nc2c(F)c(F)c(C(F)(F)F)c(F)c2F)c1. The van der Waals surface area contributed by atoms with E-state index in [4.69, 9.17) is 4.74 Å². The number of nitrogens with one attached hydrogen (secondary N) is 1. The summed E-state index contributed by atoms with van der Waals surface area (Å²) >= 11 is 0. The highest BCUT2D eigenvalue weighted by Gasteiger charge is 2.42. The maximum absolute atomic E-state index is 13.9. The highest BCUT2D eigenvalue weighted by atomic mass is 19.4. The molecular weight excluding hydrogens is 442 g/mol. The van der Waals surface area contributed by atoms with Crippen LogP contribution in [-0.4, -0.2) is 18.5 Å². The van der Waals surface area contributed by atoms with E-state index in [2.05, 4.69) is 0 Å². The Bertz CT molecular complexity index is 991. The molecule has 0 aromatic heterocycles. The van der Waals surface area contributed by atoms with Crippen molar-refractivity contribution in [3.8, 4) is 0 Å². The van der Waals surface area contributed by atoms with Crippen LogP contribution in [0, 0.1) is 29.1 Å². The van der Waals surface area contributed by atoms with Crippen LogP contribution in [0.15, 0.2) is 18.2 Å². The number of halogens is 8. The Morgan fingerprint density at radius 1 is 0.935 bits per heavy atom. The summed E-state index contributed by atoms with van der Waals surface area (Å²) in [6, 6.07) is 3.19. The van der Waals surface area contributed by atoms with Gasteiger partial charge >= 0.3 is 12.1 Å². The number of amides is 1. The van der Waals surface area contributed by atoms with E-state index in [-0.39, 0.29) is 24.2 Å². The van der Waals surface area contributed by atoms with Gasteiger partial charge in [-0.15, -0.1) is 0 Å². The van der Waals surface area contributed by atoms with E-state index < -0.39 is 64.8 Å². The van der Waals surface area contributed by atoms with Crippen molar-refractivity contribution in [2.24, 2.45) is 0 Å². The standard InChI is InChI=1S/C19H13F8NO3/c1-2-31-12(30)6-8-3-4-10(20)9(5-8)7-11(29)28-18-16(23)14(21)13(19(25,26)27)15(22)17(18)24/h3-5H,2,6-7H2,1H3,(H,28,29). The van der Waals surface area contributed by atoms with Crippen LogP contribution in [0.5, 0.6) is 0 Å². The summed E-state index contributed by atoms with van der Waals surface area (Å²) in [5.74, 6) is -13.4. The molecule has 0 saturated heterocycles. The molecule has 0 atom stereocenters. The van der Waals surface area contributed by atoms with Gasteiger partial charge in [0.25, 0.3) is 0 Å². The van der Waals surface area contributed by atoms with Crippen molar-refractivity contribution in [3.05, 3.63) is 64.0 Å². The fourth-order valence-electron chi connectivity index (χ4n) is 2.60. The number of carbonyl (C=O) groups is 2. The third kappa shape index (κ3) is 5.50. The van der Waals surface area contributed by atoms with Crippen molar-refractivity contribution in [2.45, 2.75) is 25.9 Å². The summed E-state index contributed by atoms with van der Waals surface area (Å²) in [6.45, 7) is 1.65. The van der Waals surface area contributed by atoms with Gasteiger partial charge < -0.3 is 10.1 Å². The highest BCUT2D eigenvalue weighted by Crippen LogP contribution is 2.38. The van der Waals surface area contributed by atoms with Gasteiger partial charge in [-0.1, -0.05) is 12.1 Å². The number of benzene rings is 2. The average Bonchev–Trinajstić information content (AvgIpc) is 2.65. The maximum atomic E-state index is 13.9. The zero-order valence-electron chi connectivity index (χ0n) is 15.6. The van der Waals surface area contributed by atoms with E-state index >= 15 is 0 Å². The zero-order valence-corrected chi connectivity index (χ0v) is 15.6. The van der Waals surface area contributed by atoms with E-state index in [9.17, 15) is 44.7 Å². The number of rotatable bonds is 6. The van der Waals surface area contributed by atoms with E-state index in [1.807, 2.05) is 0 Å². The molecule has 0 fully saturated rings. The number of anilines is 1. The molecule has 0 radical (unpaired) electrons. The molecule has 2 rings (SSSR count). The van der Waals surface area contributed by atoms with Crippen LogP contribution in [0.4, 0.5) is 40.8 Å². The van der Waals surface area contributed by atoms with Gasteiger partial charge in [0.15, 0.2) is 23.3 Å². The van der Waals surface area contributed by atoms with Crippen LogP contribution < -0.4 is 5.32 Å². The zero-order chi connectivity index (χ0) is 23.5. The molecule has 0 aliphatic heterocycles. The number of hydrogen-bond donors (Lipinski definition) is 1. The van der Waals surface area contributed by atoms with E-state index in [1.165, 1.54) is 11.4 Å². The molecule has 0 heterocycles. The molecule has 1 N–H and O–H groups in total. The molecule has 12 heteroatoms. The molecule has 4 nitrogen and oxygen atoms in total. The van der Waals surface area contributed by atoms with Gasteiger partial charge in [-0.25, -0.2) is 22.0 Å². The smallest absolute Gasteiger partial charge is 0.422 e. The number of alkyl halides is 3. The first-order valence-corrected chi connectivity index (χ1v) is 8.52. The van der Waals surface area contributed by atoms with Crippen molar-refractivity contribution < 1.29 is 49.4 Å². The van der Waals surface area contributed by atoms with Crippen molar-refractivity contribution in [2.75, 3.05) is 11.9 Å². The lowest BCUT2D eigenvalue weighted by Gasteiger charge is -2.15. The van der Waals surface area contributed by atoms with Gasteiger partial charge in [-0.2, -0.15) is 13.2 Å². The highest BCUT2D eigenvalue weighted by molar-refractivity contribution is 5.92. The first-order chi connectivity index (χ1) is 14.4. The lowest BCUT2D eigenvalue weighted by atomic mass is 10.0. The van der Waals surface area contributed by atoms with E-state index in [0.717, 1.165) is 12.1 Å². The Morgan fingerprint density at radius 3 is 2.03 bits per heavy atom. The van der Waals surface area contributed by atoms with E-state index in [0.29, 0.717) is 0 Å². The molecule has 0 aliphatic carbocycles. The molecule has 0 spiro atoms. The van der Waals surface area contributed by atoms with Crippen LogP contribution in [0.1, 0.15) is 23.6 Å². The minimum Gasteiger partial charge on any atom is -0.466 e. The van der Waals surface area contributed by atoms with Crippen LogP contribution in [0.3, 0.4) is 0 Å². The summed E-state index contributed by atoms with van der Waals surface area (Å²) < 4.78 is 111. The van der Waals surface area contributed by atoms with Gasteiger partial charge in [-0.3, -0.25) is 9.59 Å². The van der Waals surface area contributed by atoms with Crippen LogP contribution in [0.2, 0.25) is 0 Å². The van der Waals surface area contributed by atoms with Gasteiger partial charge in [0.1, 0.15) is 17.1 Å². The quantitative estimate of drug-likeness (QED) is 0.391. The van der Waals surface area contributed by atoms with Crippen LogP contribution in [0.25, 0.3) is 0 Å². The van der Waals surface area contributed by atoms with Crippen LogP contribution in [-0.2, 0) is 33.3 Å². The Labute approximate surface area is 169 Å². The maximum Gasteiger partial charge on any atom is 0.422 e.